The lowest BCUT2D eigenvalue weighted by molar-refractivity contribution is 0.102. The van der Waals surface area contributed by atoms with Crippen molar-refractivity contribution in [3.63, 3.8) is 0 Å². The summed E-state index contributed by atoms with van der Waals surface area (Å²) in [7, 11) is -3.83. The van der Waals surface area contributed by atoms with Crippen molar-refractivity contribution >= 4 is 54.0 Å². The lowest BCUT2D eigenvalue weighted by Gasteiger charge is -2.12. The third-order valence-corrected chi connectivity index (χ3v) is 5.90. The quantitative estimate of drug-likeness (QED) is 0.634. The fraction of sp³-hybridized carbons (Fsp3) is 0. The van der Waals surface area contributed by atoms with Crippen LogP contribution in [0, 0.1) is 0 Å². The minimum atomic E-state index is -3.83. The van der Waals surface area contributed by atoms with Gasteiger partial charge in [-0.2, -0.15) is 11.3 Å². The van der Waals surface area contributed by atoms with Crippen LogP contribution in [0.25, 0.3) is 4.72 Å². The number of nitrogens with zero attached hydrogens (tertiary/aromatic N) is 2. The van der Waals surface area contributed by atoms with Crippen molar-refractivity contribution in [1.29, 1.82) is 0 Å². The molecular weight excluding hydrogens is 426 g/mol. The zero-order valence-electron chi connectivity index (χ0n) is 12.6. The number of aromatic nitrogens is 1. The predicted octanol–water partition coefficient (Wildman–Crippen LogP) is 4.55. The van der Waals surface area contributed by atoms with Gasteiger partial charge in [-0.25, -0.2) is 8.42 Å². The molecule has 2 aromatic carbocycles. The molecule has 25 heavy (non-hydrogen) atoms. The van der Waals surface area contributed by atoms with Crippen LogP contribution in [0.5, 0.6) is 0 Å². The first-order chi connectivity index (χ1) is 12.0. The molecule has 0 radical (unpaired) electrons. The molecule has 1 N–H and O–H groups in total. The van der Waals surface area contributed by atoms with Gasteiger partial charge >= 0.3 is 0 Å². The SMILES string of the molecule is O=C(Nc1ccc(S(=O)(=O)[N-]c2nccs2)cc1)c1ccccc1Br. The summed E-state index contributed by atoms with van der Waals surface area (Å²) in [6.45, 7) is 0. The van der Waals surface area contributed by atoms with Crippen LogP contribution in [-0.4, -0.2) is 19.3 Å². The minimum Gasteiger partial charge on any atom is -0.433 e. The van der Waals surface area contributed by atoms with E-state index in [1.807, 2.05) is 6.07 Å². The monoisotopic (exact) mass is 436 g/mol. The van der Waals surface area contributed by atoms with Crippen molar-refractivity contribution in [2.45, 2.75) is 4.90 Å². The molecule has 0 spiro atoms. The summed E-state index contributed by atoms with van der Waals surface area (Å²) in [5, 5.41) is 4.54. The van der Waals surface area contributed by atoms with Crippen molar-refractivity contribution in [2.24, 2.45) is 0 Å². The molecule has 3 rings (SSSR count). The molecule has 0 atom stereocenters. The van der Waals surface area contributed by atoms with E-state index in [0.29, 0.717) is 15.7 Å². The summed E-state index contributed by atoms with van der Waals surface area (Å²) < 4.78 is 28.7. The van der Waals surface area contributed by atoms with Crippen LogP contribution < -0.4 is 5.32 Å². The molecule has 0 saturated carbocycles. The van der Waals surface area contributed by atoms with Gasteiger partial charge in [0.25, 0.3) is 5.91 Å². The Morgan fingerprint density at radius 1 is 1.12 bits per heavy atom. The highest BCUT2D eigenvalue weighted by Gasteiger charge is 2.12. The number of hydrogen-bond acceptors (Lipinski definition) is 5. The number of halogens is 1. The number of hydrogen-bond donors (Lipinski definition) is 1. The third-order valence-electron chi connectivity index (χ3n) is 3.15. The first-order valence-electron chi connectivity index (χ1n) is 6.99. The number of carbonyl (C=O) groups is 1. The number of benzene rings is 2. The van der Waals surface area contributed by atoms with Gasteiger partial charge in [-0.15, -0.1) is 0 Å². The maximum Gasteiger partial charge on any atom is 0.256 e. The van der Waals surface area contributed by atoms with Crippen LogP contribution in [-0.2, 0) is 10.0 Å². The van der Waals surface area contributed by atoms with Crippen molar-refractivity contribution in [3.05, 3.63) is 74.9 Å². The fourth-order valence-electron chi connectivity index (χ4n) is 1.97. The third kappa shape index (κ3) is 4.25. The molecule has 3 aromatic rings. The maximum absolute atomic E-state index is 12.2. The summed E-state index contributed by atoms with van der Waals surface area (Å²) >= 11 is 4.46. The van der Waals surface area contributed by atoms with Gasteiger partial charge in [0.15, 0.2) is 0 Å². The molecule has 1 aromatic heterocycles. The molecule has 1 amide bonds. The van der Waals surface area contributed by atoms with Crippen LogP contribution in [0.15, 0.2) is 69.5 Å². The fourth-order valence-corrected chi connectivity index (χ4v) is 4.11. The van der Waals surface area contributed by atoms with Crippen molar-refractivity contribution in [2.75, 3.05) is 5.32 Å². The van der Waals surface area contributed by atoms with Crippen LogP contribution in [0.2, 0.25) is 0 Å². The Morgan fingerprint density at radius 2 is 1.84 bits per heavy atom. The summed E-state index contributed by atoms with van der Waals surface area (Å²) in [5.41, 5.74) is 0.965. The molecule has 1 heterocycles. The van der Waals surface area contributed by atoms with Gasteiger partial charge in [0, 0.05) is 15.3 Å². The lowest BCUT2D eigenvalue weighted by Crippen LogP contribution is -2.12. The van der Waals surface area contributed by atoms with Crippen LogP contribution in [0.3, 0.4) is 0 Å². The Labute approximate surface area is 157 Å². The Morgan fingerprint density at radius 3 is 2.48 bits per heavy atom. The molecule has 0 saturated heterocycles. The molecule has 0 bridgehead atoms. The predicted molar refractivity (Wildman–Crippen MR) is 101 cm³/mol. The smallest absolute Gasteiger partial charge is 0.256 e. The first-order valence-corrected chi connectivity index (χ1v) is 10.1. The zero-order valence-corrected chi connectivity index (χ0v) is 15.8. The van der Waals surface area contributed by atoms with Crippen LogP contribution >= 0.6 is 27.3 Å². The Kier molecular flexibility index (Phi) is 5.16. The van der Waals surface area contributed by atoms with E-state index in [1.54, 1.807) is 23.6 Å². The van der Waals surface area contributed by atoms with Gasteiger partial charge in [0.1, 0.15) is 0 Å². The summed E-state index contributed by atoms with van der Waals surface area (Å²) in [5.74, 6) is -0.296. The van der Waals surface area contributed by atoms with Crippen molar-refractivity contribution < 1.29 is 13.2 Å². The Balaban J connectivity index is 1.74. The number of amides is 1. The molecular formula is C16H11BrN3O3S2-. The van der Waals surface area contributed by atoms with E-state index in [9.17, 15) is 13.2 Å². The Bertz CT molecular complexity index is 988. The molecule has 0 unspecified atom stereocenters. The number of anilines is 1. The normalized spacial score (nSPS) is 11.1. The van der Waals surface area contributed by atoms with Crippen molar-refractivity contribution in [3.8, 4) is 0 Å². The zero-order chi connectivity index (χ0) is 17.9. The summed E-state index contributed by atoms with van der Waals surface area (Å²) in [4.78, 5) is 16.1. The van der Waals surface area contributed by atoms with E-state index < -0.39 is 10.0 Å². The maximum atomic E-state index is 12.2. The number of rotatable bonds is 5. The topological polar surface area (TPSA) is 90.2 Å². The first kappa shape index (κ1) is 17.6. The molecule has 0 aliphatic carbocycles. The van der Waals surface area contributed by atoms with Gasteiger partial charge in [0.2, 0.25) is 10.0 Å². The molecule has 0 fully saturated rings. The second-order valence-corrected chi connectivity index (χ2v) is 8.17. The highest BCUT2D eigenvalue weighted by atomic mass is 79.9. The van der Waals surface area contributed by atoms with Gasteiger partial charge < -0.3 is 15.0 Å². The standard InChI is InChI=1S/C16H12BrN3O3S2/c17-14-4-2-1-3-13(14)15(21)19-11-5-7-12(8-6-11)25(22,23)20-16-18-9-10-24-16/h1-10H,(H2,18,19,20,21)/p-1. The molecule has 128 valence electrons. The van der Waals surface area contributed by atoms with Gasteiger partial charge in [-0.3, -0.25) is 4.79 Å². The van der Waals surface area contributed by atoms with E-state index in [-0.39, 0.29) is 15.9 Å². The van der Waals surface area contributed by atoms with E-state index in [1.165, 1.54) is 30.5 Å². The van der Waals surface area contributed by atoms with E-state index in [0.717, 1.165) is 11.3 Å². The number of thiazole rings is 1. The van der Waals surface area contributed by atoms with Gasteiger partial charge in [-0.1, -0.05) is 18.3 Å². The molecule has 0 aliphatic rings. The largest absolute Gasteiger partial charge is 0.433 e. The lowest BCUT2D eigenvalue weighted by atomic mass is 10.2. The number of nitrogens with one attached hydrogen (secondary N) is 1. The minimum absolute atomic E-state index is 0.0293. The van der Waals surface area contributed by atoms with E-state index in [4.69, 9.17) is 0 Å². The molecule has 0 aliphatic heterocycles. The van der Waals surface area contributed by atoms with Crippen LogP contribution in [0.1, 0.15) is 10.4 Å². The van der Waals surface area contributed by atoms with Gasteiger partial charge in [-0.05, 0) is 57.7 Å². The van der Waals surface area contributed by atoms with Crippen LogP contribution in [0.4, 0.5) is 10.8 Å². The summed E-state index contributed by atoms with van der Waals surface area (Å²) in [6.07, 6.45) is 1.49. The number of sulfonamides is 1. The Hall–Kier alpha value is -2.23. The molecule has 9 heteroatoms. The average Bonchev–Trinajstić information content (AvgIpc) is 3.08. The summed E-state index contributed by atoms with van der Waals surface area (Å²) in [6, 6.07) is 12.8. The number of carbonyl (C=O) groups excluding carboxylic acids is 1. The van der Waals surface area contributed by atoms with Crippen molar-refractivity contribution in [1.82, 2.24) is 4.98 Å². The highest BCUT2D eigenvalue weighted by Crippen LogP contribution is 2.29. The van der Waals surface area contributed by atoms with Gasteiger partial charge in [0.05, 0.1) is 10.5 Å². The van der Waals surface area contributed by atoms with E-state index >= 15 is 0 Å². The average molecular weight is 437 g/mol. The highest BCUT2D eigenvalue weighted by molar-refractivity contribution is 9.10. The molecule has 6 nitrogen and oxygen atoms in total. The van der Waals surface area contributed by atoms with E-state index in [2.05, 4.69) is 31.0 Å². The second-order valence-electron chi connectivity index (χ2n) is 4.84. The second kappa shape index (κ2) is 7.34.